The Labute approximate surface area is 446 Å². The summed E-state index contributed by atoms with van der Waals surface area (Å²) in [5.74, 6) is -0.931. The van der Waals surface area contributed by atoms with Crippen molar-refractivity contribution in [1.29, 1.82) is 0 Å². The number of benzene rings is 6. The molecule has 0 amide bonds. The Morgan fingerprint density at radius 2 is 0.840 bits per heavy atom. The fraction of sp³-hybridized carbons (Fsp3) is 0.333. The summed E-state index contributed by atoms with van der Waals surface area (Å²) in [6, 6.07) is 47.7. The van der Waals surface area contributed by atoms with E-state index in [4.69, 9.17) is 40.0 Å². The molecule has 2 aliphatic heterocycles. The fourth-order valence-electron chi connectivity index (χ4n) is 10.9. The summed E-state index contributed by atoms with van der Waals surface area (Å²) in [6.07, 6.45) is -2.81. The number of hydrogen-bond donors (Lipinski definition) is 0. The molecule has 15 heteroatoms. The first-order valence-corrected chi connectivity index (χ1v) is 42.4. The Morgan fingerprint density at radius 1 is 0.440 bits per heavy atom. The van der Waals surface area contributed by atoms with Gasteiger partial charge in [-0.2, -0.15) is 0 Å². The van der Waals surface area contributed by atoms with E-state index < -0.39 is 79.2 Å². The van der Waals surface area contributed by atoms with Crippen molar-refractivity contribution in [2.75, 3.05) is 6.61 Å². The molecule has 75 heavy (non-hydrogen) atoms. The molecule has 0 aliphatic carbocycles. The average Bonchev–Trinajstić information content (AvgIpc) is 3.66. The van der Waals surface area contributed by atoms with Crippen molar-refractivity contribution in [3.63, 3.8) is 0 Å². The summed E-state index contributed by atoms with van der Waals surface area (Å²) < 4.78 is 63.9. The molecular formula is C60H70O9P2Si4. The van der Waals surface area contributed by atoms with Crippen LogP contribution in [-0.2, 0) is 14.2 Å². The second-order valence-corrected chi connectivity index (χ2v) is 47.1. The van der Waals surface area contributed by atoms with Gasteiger partial charge in [0.2, 0.25) is 0 Å². The van der Waals surface area contributed by atoms with E-state index in [-0.39, 0.29) is 6.61 Å². The largest absolute Gasteiger partial charge is 0.399 e. The first-order valence-electron chi connectivity index (χ1n) is 26.2. The molecule has 11 rings (SSSR count). The lowest BCUT2D eigenvalue weighted by molar-refractivity contribution is -0.213. The van der Waals surface area contributed by atoms with Crippen LogP contribution in [0.4, 0.5) is 0 Å². The van der Waals surface area contributed by atoms with E-state index in [1.807, 2.05) is 13.8 Å². The lowest BCUT2D eigenvalue weighted by atomic mass is 9.98. The minimum Gasteiger partial charge on any atom is -0.399 e. The molecule has 4 heterocycles. The van der Waals surface area contributed by atoms with Crippen LogP contribution in [0, 0.1) is 0 Å². The van der Waals surface area contributed by atoms with Crippen molar-refractivity contribution in [3.8, 4) is 0 Å². The second-order valence-electron chi connectivity index (χ2n) is 24.8. The number of ether oxygens (including phenoxy) is 3. The molecule has 0 bridgehead atoms. The summed E-state index contributed by atoms with van der Waals surface area (Å²) in [6.45, 7) is 32.3. The standard InChI is InChI=1S/C60H70O9P2Si4/c1-60(2)63-58-54(66-71-65-53-44(32-18-16-15-17-19-33-46(53)72(3,4)5)50-41-29-23-20-26-38(41)34-47(55(50)69-71)73(6,7)8)45(62-59(58)64-60)37-61-70-67-56-48(74(9,10)11)35-39-27-21-24-30-42(39)51(56)52-43-31-25-22-28-40(43)36-49(57(52)68-70)75(12,13)14/h15-36,45,54,58-59H,37H2,1-14H3/t45-,54+,58-,59-,71?/m1/s1. The van der Waals surface area contributed by atoms with E-state index in [1.54, 1.807) is 0 Å². The van der Waals surface area contributed by atoms with Crippen LogP contribution in [-0.4, -0.2) is 69.3 Å². The van der Waals surface area contributed by atoms with Gasteiger partial charge in [0.15, 0.2) is 12.1 Å². The first kappa shape index (κ1) is 52.3. The molecule has 390 valence electrons. The maximum absolute atomic E-state index is 7.39. The van der Waals surface area contributed by atoms with E-state index in [0.717, 1.165) is 70.6 Å². The molecule has 2 aliphatic rings. The Kier molecular flexibility index (Phi) is 13.5. The maximum Gasteiger partial charge on any atom is 0.387 e. The lowest BCUT2D eigenvalue weighted by Crippen LogP contribution is -2.41. The minimum atomic E-state index is -2.17. The second kappa shape index (κ2) is 19.3. The third-order valence-corrected chi connectivity index (χ3v) is 24.6. The van der Waals surface area contributed by atoms with E-state index in [2.05, 4.69) is 212 Å². The minimum absolute atomic E-state index is 0.0470. The number of hydrogen-bond acceptors (Lipinski definition) is 9. The molecule has 2 aromatic heterocycles. The van der Waals surface area contributed by atoms with Crippen LogP contribution >= 0.6 is 16.5 Å². The third-order valence-electron chi connectivity index (χ3n) is 14.5. The van der Waals surface area contributed by atoms with Crippen molar-refractivity contribution in [1.82, 2.24) is 0 Å². The predicted molar refractivity (Wildman–Crippen MR) is 325 cm³/mol. The van der Waals surface area contributed by atoms with Crippen LogP contribution < -0.4 is 29.8 Å². The average molecular weight is 1110 g/mol. The maximum atomic E-state index is 7.39. The summed E-state index contributed by atoms with van der Waals surface area (Å²) in [7, 11) is -12.6. The van der Waals surface area contributed by atoms with E-state index in [9.17, 15) is 0 Å². The zero-order valence-electron chi connectivity index (χ0n) is 45.8. The fourth-order valence-corrected chi connectivity index (χ4v) is 19.4. The van der Waals surface area contributed by atoms with Crippen LogP contribution in [0.15, 0.2) is 150 Å². The molecule has 5 atom stereocenters. The van der Waals surface area contributed by atoms with Crippen molar-refractivity contribution >= 4 is 146 Å². The molecule has 7 aromatic carbocycles. The van der Waals surface area contributed by atoms with Gasteiger partial charge in [0.1, 0.15) is 40.6 Å². The zero-order chi connectivity index (χ0) is 53.0. The molecule has 2 saturated heterocycles. The highest BCUT2D eigenvalue weighted by Gasteiger charge is 2.56. The molecule has 1 unspecified atom stereocenters. The van der Waals surface area contributed by atoms with Crippen molar-refractivity contribution in [3.05, 3.63) is 133 Å². The first-order chi connectivity index (χ1) is 35.4. The number of fused-ring (bicyclic) bond motifs is 13. The van der Waals surface area contributed by atoms with E-state index >= 15 is 0 Å². The van der Waals surface area contributed by atoms with Crippen LogP contribution in [0.5, 0.6) is 0 Å². The quantitative estimate of drug-likeness (QED) is 0.131. The van der Waals surface area contributed by atoms with Crippen molar-refractivity contribution in [2.24, 2.45) is 0 Å². The smallest absolute Gasteiger partial charge is 0.387 e. The Hall–Kier alpha value is -4.73. The molecule has 9 nitrogen and oxygen atoms in total. The Morgan fingerprint density at radius 3 is 1.35 bits per heavy atom. The van der Waals surface area contributed by atoms with Gasteiger partial charge < -0.3 is 31.0 Å². The molecule has 0 N–H and O–H groups in total. The zero-order valence-corrected chi connectivity index (χ0v) is 51.6. The van der Waals surface area contributed by atoms with Crippen molar-refractivity contribution < 1.29 is 40.0 Å². The molecular weight excluding hydrogens is 1040 g/mol. The lowest BCUT2D eigenvalue weighted by Gasteiger charge is -2.24. The van der Waals surface area contributed by atoms with E-state index in [1.165, 1.54) is 26.3 Å². The predicted octanol–water partition coefficient (Wildman–Crippen LogP) is 15.5. The van der Waals surface area contributed by atoms with Gasteiger partial charge in [-0.05, 0) is 66.9 Å². The van der Waals surface area contributed by atoms with Gasteiger partial charge in [-0.3, -0.25) is 9.05 Å². The Bertz CT molecular complexity index is 3770. The summed E-state index contributed by atoms with van der Waals surface area (Å²) in [5.41, 5.74) is 3.21. The summed E-state index contributed by atoms with van der Waals surface area (Å²) in [5, 5.41) is 15.7. The highest BCUT2D eigenvalue weighted by atomic mass is 31.1. The molecule has 0 saturated carbocycles. The monoisotopic (exact) mass is 1110 g/mol. The van der Waals surface area contributed by atoms with Gasteiger partial charge in [0.05, 0.1) is 38.9 Å². The topological polar surface area (TPSA) is 98.7 Å². The summed E-state index contributed by atoms with van der Waals surface area (Å²) >= 11 is 0. The van der Waals surface area contributed by atoms with Crippen molar-refractivity contribution in [2.45, 2.75) is 123 Å². The van der Waals surface area contributed by atoms with Crippen LogP contribution in [0.2, 0.25) is 78.6 Å². The van der Waals surface area contributed by atoms with Gasteiger partial charge in [0.25, 0.3) is 0 Å². The summed E-state index contributed by atoms with van der Waals surface area (Å²) in [4.78, 5) is 0. The number of rotatable bonds is 9. The molecule has 2 fully saturated rings. The van der Waals surface area contributed by atoms with Gasteiger partial charge in [-0.25, -0.2) is 0 Å². The molecule has 0 spiro atoms. The highest BCUT2D eigenvalue weighted by Crippen LogP contribution is 2.45. The van der Waals surface area contributed by atoms with Gasteiger partial charge in [0, 0.05) is 21.5 Å². The van der Waals surface area contributed by atoms with E-state index in [0.29, 0.717) is 0 Å². The Balaban J connectivity index is 1.14. The third kappa shape index (κ3) is 9.97. The van der Waals surface area contributed by atoms with Gasteiger partial charge in [-0.1, -0.05) is 212 Å². The van der Waals surface area contributed by atoms with Gasteiger partial charge in [-0.15, -0.1) is 0 Å². The molecule has 9 aromatic rings. The van der Waals surface area contributed by atoms with Crippen LogP contribution in [0.25, 0.3) is 76.2 Å². The highest BCUT2D eigenvalue weighted by molar-refractivity contribution is 7.32. The van der Waals surface area contributed by atoms with Crippen LogP contribution in [0.3, 0.4) is 0 Å². The molecule has 0 radical (unpaired) electrons. The SMILES string of the molecule is CC1(C)O[C@H]2O[C@H](COp3oc4c([Si](C)(C)C)cc5ccccc5c4c4c(o3)c([Si](C)(C)C)cc3ccccc34)[C@H](Op3oc4c([Si](C)(C)C)cccccccc4c4c(o3)c([Si](C)(C)C)cc3ccccc34)[C@H]2O1. The normalized spacial score (nSPS) is 19.4. The van der Waals surface area contributed by atoms with Crippen LogP contribution in [0.1, 0.15) is 13.8 Å². The van der Waals surface area contributed by atoms with Gasteiger partial charge >= 0.3 is 16.5 Å².